The number of allylic oxidation sites excluding steroid dienone is 2. The minimum Gasteiger partial charge on any atom is -0.402 e. The minimum atomic E-state index is 0.266. The topological polar surface area (TPSA) is 49.9 Å². The van der Waals surface area contributed by atoms with Crippen LogP contribution in [0.4, 0.5) is 0 Å². The van der Waals surface area contributed by atoms with Crippen molar-refractivity contribution < 1.29 is 0 Å². The molecule has 0 radical (unpaired) electrons. The Morgan fingerprint density at radius 3 is 2.64 bits per heavy atom. The molecule has 0 atom stereocenters. The normalized spacial score (nSPS) is 17.7. The molecule has 1 rings (SSSR count). The number of nitrogens with two attached hydrogens (primary N) is 1. The predicted molar refractivity (Wildman–Crippen MR) is 46.2 cm³/mol. The SMILES string of the molecule is C#CC(=N)C1=C(N)CCCC1. The van der Waals surface area contributed by atoms with Crippen molar-refractivity contribution in [2.24, 2.45) is 5.73 Å². The van der Waals surface area contributed by atoms with Crippen molar-refractivity contribution in [1.82, 2.24) is 0 Å². The van der Waals surface area contributed by atoms with E-state index < -0.39 is 0 Å². The Morgan fingerprint density at radius 2 is 2.09 bits per heavy atom. The maximum atomic E-state index is 7.39. The molecule has 0 saturated carbocycles. The molecule has 0 aliphatic heterocycles. The molecular formula is C9H12N2. The van der Waals surface area contributed by atoms with Gasteiger partial charge in [0.15, 0.2) is 0 Å². The lowest BCUT2D eigenvalue weighted by molar-refractivity contribution is 0.682. The van der Waals surface area contributed by atoms with Crippen LogP contribution in [0.2, 0.25) is 0 Å². The van der Waals surface area contributed by atoms with Gasteiger partial charge >= 0.3 is 0 Å². The monoisotopic (exact) mass is 148 g/mol. The van der Waals surface area contributed by atoms with Crippen molar-refractivity contribution in [2.75, 3.05) is 0 Å². The van der Waals surface area contributed by atoms with Gasteiger partial charge in [-0.2, -0.15) is 0 Å². The summed E-state index contributed by atoms with van der Waals surface area (Å²) in [6.45, 7) is 0. The van der Waals surface area contributed by atoms with Crippen molar-refractivity contribution in [3.8, 4) is 12.3 Å². The van der Waals surface area contributed by atoms with E-state index >= 15 is 0 Å². The fourth-order valence-electron chi connectivity index (χ4n) is 1.30. The number of terminal acetylenes is 1. The van der Waals surface area contributed by atoms with E-state index in [0.29, 0.717) is 0 Å². The zero-order valence-corrected chi connectivity index (χ0v) is 6.48. The van der Waals surface area contributed by atoms with E-state index in [9.17, 15) is 0 Å². The molecule has 0 unspecified atom stereocenters. The molecule has 1 aliphatic rings. The summed E-state index contributed by atoms with van der Waals surface area (Å²) < 4.78 is 0. The first kappa shape index (κ1) is 7.87. The summed E-state index contributed by atoms with van der Waals surface area (Å²) in [7, 11) is 0. The second kappa shape index (κ2) is 3.25. The van der Waals surface area contributed by atoms with E-state index in [1.807, 2.05) is 0 Å². The Morgan fingerprint density at radius 1 is 1.45 bits per heavy atom. The fraction of sp³-hybridized carbons (Fsp3) is 0.444. The van der Waals surface area contributed by atoms with E-state index in [0.717, 1.165) is 37.0 Å². The van der Waals surface area contributed by atoms with Gasteiger partial charge in [0, 0.05) is 11.3 Å². The standard InChI is InChI=1S/C9H12N2/c1-2-8(10)7-5-3-4-6-9(7)11/h1,10H,3-6,11H2. The average Bonchev–Trinajstić information content (AvgIpc) is 2.04. The van der Waals surface area contributed by atoms with Crippen molar-refractivity contribution in [1.29, 1.82) is 5.41 Å². The molecule has 0 amide bonds. The van der Waals surface area contributed by atoms with Crippen LogP contribution in [-0.2, 0) is 0 Å². The van der Waals surface area contributed by atoms with E-state index in [2.05, 4.69) is 5.92 Å². The zero-order chi connectivity index (χ0) is 8.27. The molecule has 0 bridgehead atoms. The number of nitrogens with one attached hydrogen (secondary N) is 1. The maximum absolute atomic E-state index is 7.39. The molecule has 0 saturated heterocycles. The summed E-state index contributed by atoms with van der Waals surface area (Å²) in [5.74, 6) is 2.31. The number of rotatable bonds is 1. The molecule has 0 spiro atoms. The Kier molecular flexibility index (Phi) is 2.32. The van der Waals surface area contributed by atoms with Gasteiger partial charge in [0.05, 0.1) is 0 Å². The summed E-state index contributed by atoms with van der Waals surface area (Å²) in [6.07, 6.45) is 9.13. The summed E-state index contributed by atoms with van der Waals surface area (Å²) in [5.41, 5.74) is 7.67. The van der Waals surface area contributed by atoms with E-state index in [4.69, 9.17) is 17.6 Å². The summed E-state index contributed by atoms with van der Waals surface area (Å²) in [5, 5.41) is 7.39. The molecule has 0 aromatic heterocycles. The van der Waals surface area contributed by atoms with Gasteiger partial charge in [-0.25, -0.2) is 0 Å². The van der Waals surface area contributed by atoms with Crippen LogP contribution in [0.1, 0.15) is 25.7 Å². The van der Waals surface area contributed by atoms with Gasteiger partial charge in [0.25, 0.3) is 0 Å². The molecule has 58 valence electrons. The summed E-state index contributed by atoms with van der Waals surface area (Å²) >= 11 is 0. The van der Waals surface area contributed by atoms with E-state index in [-0.39, 0.29) is 5.71 Å². The highest BCUT2D eigenvalue weighted by molar-refractivity contribution is 6.10. The van der Waals surface area contributed by atoms with Crippen molar-refractivity contribution in [3.63, 3.8) is 0 Å². The van der Waals surface area contributed by atoms with E-state index in [1.165, 1.54) is 0 Å². The lowest BCUT2D eigenvalue weighted by atomic mass is 9.93. The quantitative estimate of drug-likeness (QED) is 0.429. The fourth-order valence-corrected chi connectivity index (χ4v) is 1.30. The van der Waals surface area contributed by atoms with Gasteiger partial charge < -0.3 is 5.73 Å². The van der Waals surface area contributed by atoms with Gasteiger partial charge in [-0.05, 0) is 25.7 Å². The molecule has 0 heterocycles. The first-order chi connectivity index (χ1) is 5.25. The summed E-state index contributed by atoms with van der Waals surface area (Å²) in [4.78, 5) is 0. The first-order valence-corrected chi connectivity index (χ1v) is 3.78. The predicted octanol–water partition coefficient (Wildman–Crippen LogP) is 1.43. The Labute approximate surface area is 67.0 Å². The second-order valence-corrected chi connectivity index (χ2v) is 2.73. The molecule has 1 aliphatic carbocycles. The van der Waals surface area contributed by atoms with Gasteiger partial charge in [-0.15, -0.1) is 6.42 Å². The average molecular weight is 148 g/mol. The highest BCUT2D eigenvalue weighted by Gasteiger charge is 2.12. The lowest BCUT2D eigenvalue weighted by Crippen LogP contribution is -2.13. The van der Waals surface area contributed by atoms with Gasteiger partial charge in [0.1, 0.15) is 5.71 Å². The molecule has 2 nitrogen and oxygen atoms in total. The Bertz CT molecular complexity index is 243. The van der Waals surface area contributed by atoms with E-state index in [1.54, 1.807) is 0 Å². The third-order valence-electron chi connectivity index (χ3n) is 1.96. The molecule has 11 heavy (non-hydrogen) atoms. The van der Waals surface area contributed by atoms with Gasteiger partial charge in [-0.3, -0.25) is 5.41 Å². The Balaban J connectivity index is 2.84. The molecule has 2 heteroatoms. The highest BCUT2D eigenvalue weighted by Crippen LogP contribution is 2.21. The molecule has 0 fully saturated rings. The third kappa shape index (κ3) is 1.62. The largest absolute Gasteiger partial charge is 0.402 e. The molecule has 0 aromatic carbocycles. The van der Waals surface area contributed by atoms with Crippen molar-refractivity contribution >= 4 is 5.71 Å². The van der Waals surface area contributed by atoms with Crippen LogP contribution in [0.3, 0.4) is 0 Å². The minimum absolute atomic E-state index is 0.266. The van der Waals surface area contributed by atoms with Crippen LogP contribution >= 0.6 is 0 Å². The number of hydrogen-bond acceptors (Lipinski definition) is 2. The third-order valence-corrected chi connectivity index (χ3v) is 1.96. The van der Waals surface area contributed by atoms with Crippen LogP contribution in [0.15, 0.2) is 11.3 Å². The van der Waals surface area contributed by atoms with Crippen LogP contribution in [0, 0.1) is 17.8 Å². The maximum Gasteiger partial charge on any atom is 0.109 e. The lowest BCUT2D eigenvalue weighted by Gasteiger charge is -2.15. The second-order valence-electron chi connectivity index (χ2n) is 2.73. The molecular weight excluding hydrogens is 136 g/mol. The van der Waals surface area contributed by atoms with Crippen molar-refractivity contribution in [3.05, 3.63) is 11.3 Å². The smallest absolute Gasteiger partial charge is 0.109 e. The van der Waals surface area contributed by atoms with Crippen LogP contribution in [0.25, 0.3) is 0 Å². The zero-order valence-electron chi connectivity index (χ0n) is 6.48. The van der Waals surface area contributed by atoms with Crippen LogP contribution in [-0.4, -0.2) is 5.71 Å². The molecule has 0 aromatic rings. The molecule has 3 N–H and O–H groups in total. The van der Waals surface area contributed by atoms with Gasteiger partial charge in [0.2, 0.25) is 0 Å². The van der Waals surface area contributed by atoms with Crippen LogP contribution in [0.5, 0.6) is 0 Å². The van der Waals surface area contributed by atoms with Gasteiger partial charge in [-0.1, -0.05) is 5.92 Å². The van der Waals surface area contributed by atoms with Crippen LogP contribution < -0.4 is 5.73 Å². The Hall–Kier alpha value is -1.23. The van der Waals surface area contributed by atoms with Crippen molar-refractivity contribution in [2.45, 2.75) is 25.7 Å². The number of hydrogen-bond donors (Lipinski definition) is 2. The first-order valence-electron chi connectivity index (χ1n) is 3.78. The highest BCUT2D eigenvalue weighted by atomic mass is 14.6. The summed E-state index contributed by atoms with van der Waals surface area (Å²) in [6, 6.07) is 0.